The minimum Gasteiger partial charge on any atom is -0.313 e. The summed E-state index contributed by atoms with van der Waals surface area (Å²) < 4.78 is 1.28. The SMILES string of the molecule is Cl.ICC1CCCN1. The van der Waals surface area contributed by atoms with Gasteiger partial charge in [0.05, 0.1) is 0 Å². The lowest BCUT2D eigenvalue weighted by Gasteiger charge is -2.01. The molecule has 0 spiro atoms. The number of hydrogen-bond donors (Lipinski definition) is 1. The average Bonchev–Trinajstić information content (AvgIpc) is 2.14. The molecule has 0 aromatic carbocycles. The molecule has 0 saturated carbocycles. The molecule has 3 heteroatoms. The molecular formula is C5H11ClIN. The molecule has 1 rings (SSSR count). The van der Waals surface area contributed by atoms with Crippen molar-refractivity contribution in [1.29, 1.82) is 0 Å². The summed E-state index contributed by atoms with van der Waals surface area (Å²) in [7, 11) is 0. The van der Waals surface area contributed by atoms with Crippen molar-refractivity contribution in [1.82, 2.24) is 5.32 Å². The molecule has 1 unspecified atom stereocenters. The Morgan fingerprint density at radius 2 is 2.38 bits per heavy atom. The summed E-state index contributed by atoms with van der Waals surface area (Å²) in [5.41, 5.74) is 0. The second-order valence-electron chi connectivity index (χ2n) is 1.95. The first kappa shape index (κ1) is 8.98. The van der Waals surface area contributed by atoms with Gasteiger partial charge in [-0.25, -0.2) is 0 Å². The second-order valence-corrected chi connectivity index (χ2v) is 2.83. The monoisotopic (exact) mass is 247 g/mol. The molecule has 1 fully saturated rings. The summed E-state index contributed by atoms with van der Waals surface area (Å²) in [4.78, 5) is 0. The van der Waals surface area contributed by atoms with Gasteiger partial charge in [-0.15, -0.1) is 12.4 Å². The van der Waals surface area contributed by atoms with Crippen LogP contribution in [-0.2, 0) is 0 Å². The van der Waals surface area contributed by atoms with Gasteiger partial charge in [0.25, 0.3) is 0 Å². The lowest BCUT2D eigenvalue weighted by atomic mass is 10.3. The van der Waals surface area contributed by atoms with E-state index in [9.17, 15) is 0 Å². The molecule has 1 saturated heterocycles. The van der Waals surface area contributed by atoms with Crippen molar-refractivity contribution in [3.63, 3.8) is 0 Å². The van der Waals surface area contributed by atoms with Crippen LogP contribution in [0.1, 0.15) is 12.8 Å². The highest BCUT2D eigenvalue weighted by Gasteiger charge is 2.10. The predicted octanol–water partition coefficient (Wildman–Crippen LogP) is 1.60. The standard InChI is InChI=1S/C5H10IN.ClH/c6-4-5-2-1-3-7-5;/h5,7H,1-4H2;1H. The highest BCUT2D eigenvalue weighted by molar-refractivity contribution is 14.1. The van der Waals surface area contributed by atoms with E-state index in [4.69, 9.17) is 0 Å². The summed E-state index contributed by atoms with van der Waals surface area (Å²) in [5, 5.41) is 3.40. The molecule has 50 valence electrons. The molecule has 0 aliphatic carbocycles. The second kappa shape index (κ2) is 4.82. The van der Waals surface area contributed by atoms with Gasteiger partial charge in [-0.1, -0.05) is 22.6 Å². The maximum absolute atomic E-state index is 3.40. The number of nitrogens with one attached hydrogen (secondary N) is 1. The van der Waals surface area contributed by atoms with Crippen molar-refractivity contribution in [3.8, 4) is 0 Å². The number of rotatable bonds is 1. The summed E-state index contributed by atoms with van der Waals surface area (Å²) in [6.07, 6.45) is 2.77. The van der Waals surface area contributed by atoms with Gasteiger partial charge in [-0.3, -0.25) is 0 Å². The van der Waals surface area contributed by atoms with Crippen molar-refractivity contribution in [2.24, 2.45) is 0 Å². The van der Waals surface area contributed by atoms with Gasteiger partial charge in [-0.05, 0) is 19.4 Å². The Labute approximate surface area is 70.2 Å². The lowest BCUT2D eigenvalue weighted by Crippen LogP contribution is -2.21. The third kappa shape index (κ3) is 2.51. The fourth-order valence-corrected chi connectivity index (χ4v) is 1.64. The highest BCUT2D eigenvalue weighted by Crippen LogP contribution is 2.06. The van der Waals surface area contributed by atoms with Crippen LogP contribution in [0.3, 0.4) is 0 Å². The van der Waals surface area contributed by atoms with Crippen molar-refractivity contribution in [3.05, 3.63) is 0 Å². The number of halogens is 2. The van der Waals surface area contributed by atoms with Crippen LogP contribution < -0.4 is 5.32 Å². The largest absolute Gasteiger partial charge is 0.313 e. The molecule has 1 aliphatic heterocycles. The molecule has 0 amide bonds. The van der Waals surface area contributed by atoms with E-state index in [0.717, 1.165) is 6.04 Å². The zero-order valence-electron chi connectivity index (χ0n) is 4.69. The molecule has 0 bridgehead atoms. The zero-order valence-corrected chi connectivity index (χ0v) is 7.67. The molecule has 1 heterocycles. The van der Waals surface area contributed by atoms with Crippen molar-refractivity contribution < 1.29 is 0 Å². The fourth-order valence-electron chi connectivity index (χ4n) is 0.888. The van der Waals surface area contributed by atoms with Gasteiger partial charge >= 0.3 is 0 Å². The van der Waals surface area contributed by atoms with Gasteiger partial charge in [0.1, 0.15) is 0 Å². The first-order valence-corrected chi connectivity index (χ1v) is 4.25. The Morgan fingerprint density at radius 3 is 2.62 bits per heavy atom. The maximum atomic E-state index is 3.40. The molecule has 1 nitrogen and oxygen atoms in total. The molecule has 1 aliphatic rings. The van der Waals surface area contributed by atoms with Crippen LogP contribution in [0.5, 0.6) is 0 Å². The van der Waals surface area contributed by atoms with Crippen molar-refractivity contribution in [2.75, 3.05) is 11.0 Å². The molecule has 0 radical (unpaired) electrons. The Balaban J connectivity index is 0.000000490. The van der Waals surface area contributed by atoms with Crippen LogP contribution in [0.4, 0.5) is 0 Å². The van der Waals surface area contributed by atoms with E-state index in [1.54, 1.807) is 0 Å². The van der Waals surface area contributed by atoms with Crippen LogP contribution in [-0.4, -0.2) is 17.0 Å². The average molecular weight is 248 g/mol. The van der Waals surface area contributed by atoms with Gasteiger partial charge in [0.2, 0.25) is 0 Å². The highest BCUT2D eigenvalue weighted by atomic mass is 127. The van der Waals surface area contributed by atoms with Gasteiger partial charge in [-0.2, -0.15) is 0 Å². The van der Waals surface area contributed by atoms with E-state index >= 15 is 0 Å². The van der Waals surface area contributed by atoms with Crippen LogP contribution in [0.2, 0.25) is 0 Å². The lowest BCUT2D eigenvalue weighted by molar-refractivity contribution is 0.682. The third-order valence-corrected chi connectivity index (χ3v) is 2.41. The molecule has 8 heavy (non-hydrogen) atoms. The quantitative estimate of drug-likeness (QED) is 0.548. The summed E-state index contributed by atoms with van der Waals surface area (Å²) in [6, 6.07) is 0.834. The topological polar surface area (TPSA) is 12.0 Å². The smallest absolute Gasteiger partial charge is 0.0157 e. The fraction of sp³-hybridized carbons (Fsp3) is 1.00. The Hall–Kier alpha value is 0.980. The molecule has 0 aromatic rings. The van der Waals surface area contributed by atoms with E-state index in [1.165, 1.54) is 23.8 Å². The Morgan fingerprint density at radius 1 is 1.62 bits per heavy atom. The molecular weight excluding hydrogens is 236 g/mol. The molecule has 1 atom stereocenters. The molecule has 1 N–H and O–H groups in total. The van der Waals surface area contributed by atoms with Crippen LogP contribution >= 0.6 is 35.0 Å². The van der Waals surface area contributed by atoms with Gasteiger partial charge in [0.15, 0.2) is 0 Å². The van der Waals surface area contributed by atoms with Crippen LogP contribution in [0, 0.1) is 0 Å². The van der Waals surface area contributed by atoms with E-state index in [1.807, 2.05) is 0 Å². The minimum atomic E-state index is 0. The number of hydrogen-bond acceptors (Lipinski definition) is 1. The first-order chi connectivity index (χ1) is 3.43. The minimum absolute atomic E-state index is 0. The van der Waals surface area contributed by atoms with E-state index in [-0.39, 0.29) is 12.4 Å². The summed E-state index contributed by atoms with van der Waals surface area (Å²) in [6.45, 7) is 1.24. The summed E-state index contributed by atoms with van der Waals surface area (Å²) >= 11 is 2.43. The van der Waals surface area contributed by atoms with E-state index in [2.05, 4.69) is 27.9 Å². The summed E-state index contributed by atoms with van der Waals surface area (Å²) in [5.74, 6) is 0. The Kier molecular flexibility index (Phi) is 5.41. The van der Waals surface area contributed by atoms with E-state index < -0.39 is 0 Å². The Bertz CT molecular complexity index is 54.4. The van der Waals surface area contributed by atoms with Crippen molar-refractivity contribution in [2.45, 2.75) is 18.9 Å². The van der Waals surface area contributed by atoms with E-state index in [0.29, 0.717) is 0 Å². The number of alkyl halides is 1. The maximum Gasteiger partial charge on any atom is 0.0157 e. The molecule has 0 aromatic heterocycles. The van der Waals surface area contributed by atoms with Crippen LogP contribution in [0.25, 0.3) is 0 Å². The first-order valence-electron chi connectivity index (χ1n) is 2.73. The predicted molar refractivity (Wildman–Crippen MR) is 47.2 cm³/mol. The zero-order chi connectivity index (χ0) is 5.11. The normalized spacial score (nSPS) is 27.4. The van der Waals surface area contributed by atoms with Gasteiger partial charge < -0.3 is 5.32 Å². The van der Waals surface area contributed by atoms with Crippen molar-refractivity contribution >= 4 is 35.0 Å². The van der Waals surface area contributed by atoms with Crippen LogP contribution in [0.15, 0.2) is 0 Å². The third-order valence-electron chi connectivity index (χ3n) is 1.35. The van der Waals surface area contributed by atoms with Gasteiger partial charge in [0, 0.05) is 10.5 Å².